The van der Waals surface area contributed by atoms with Gasteiger partial charge >= 0.3 is 0 Å². The topological polar surface area (TPSA) is 90.9 Å². The molecule has 1 aliphatic heterocycles. The number of halogens is 1. The molecule has 1 aliphatic rings. The number of amidine groups is 1. The van der Waals surface area contributed by atoms with Gasteiger partial charge in [0.15, 0.2) is 11.5 Å². The van der Waals surface area contributed by atoms with Crippen LogP contribution in [0.15, 0.2) is 41.9 Å². The molecule has 0 radical (unpaired) electrons. The van der Waals surface area contributed by atoms with E-state index in [1.54, 1.807) is 6.33 Å². The lowest BCUT2D eigenvalue weighted by atomic mass is 10.1. The number of fused-ring (bicyclic) bond motifs is 2. The lowest BCUT2D eigenvalue weighted by Crippen LogP contribution is -2.26. The van der Waals surface area contributed by atoms with Crippen LogP contribution in [-0.4, -0.2) is 36.7 Å². The van der Waals surface area contributed by atoms with Gasteiger partial charge in [-0.05, 0) is 16.1 Å². The lowest BCUT2D eigenvalue weighted by Gasteiger charge is -2.18. The zero-order valence-corrected chi connectivity index (χ0v) is 17.4. The predicted octanol–water partition coefficient (Wildman–Crippen LogP) is 4.26. The average molecular weight is 465 g/mol. The smallest absolute Gasteiger partial charge is 0.182 e. The highest BCUT2D eigenvalue weighted by Gasteiger charge is 2.11. The molecule has 0 fully saturated rings. The molecule has 4 rings (SSSR count). The normalized spacial score (nSPS) is 11.8. The van der Waals surface area contributed by atoms with E-state index in [1.807, 2.05) is 26.0 Å². The summed E-state index contributed by atoms with van der Waals surface area (Å²) < 4.78 is 1.22. The molecule has 0 saturated heterocycles. The Bertz CT molecular complexity index is 844. The second-order valence-corrected chi connectivity index (χ2v) is 6.51. The Hall–Kier alpha value is -2.23. The molecular formula is C18H24IN7. The Labute approximate surface area is 167 Å². The number of nitrogens with zero attached hydrogens (tertiary/aromatic N) is 4. The fourth-order valence-electron chi connectivity index (χ4n) is 2.32. The van der Waals surface area contributed by atoms with Crippen LogP contribution in [0.2, 0.25) is 0 Å². The number of anilines is 2. The third-order valence-corrected chi connectivity index (χ3v) is 3.38. The molecule has 26 heavy (non-hydrogen) atoms. The van der Waals surface area contributed by atoms with Crippen molar-refractivity contribution in [3.8, 4) is 0 Å². The van der Waals surface area contributed by atoms with E-state index in [0.29, 0.717) is 18.7 Å². The van der Waals surface area contributed by atoms with E-state index in [2.05, 4.69) is 77.2 Å². The number of benzene rings is 1. The molecule has 0 saturated carbocycles. The van der Waals surface area contributed by atoms with Crippen LogP contribution >= 0.6 is 22.6 Å². The summed E-state index contributed by atoms with van der Waals surface area (Å²) in [6.07, 6.45) is 3.11. The standard InChI is InChI=1S/C14H13N7.C2H5I.C2H6/c1-2-4-10-9(3-1)5-15-11(21-10)6-16-13-12-14(18-7-17-12)20-8-19-13;1-2-3;1-2/h1-4,7-8H,5-6H2,(H,15,21)(H2,16,17,18,19,20);2H2,1H3;1-2H3. The number of para-hydroxylation sites is 1. The fourth-order valence-corrected chi connectivity index (χ4v) is 2.32. The van der Waals surface area contributed by atoms with Crippen LogP contribution in [0.5, 0.6) is 0 Å². The molecule has 3 N–H and O–H groups in total. The van der Waals surface area contributed by atoms with Crippen molar-refractivity contribution in [2.24, 2.45) is 4.99 Å². The number of hydrogen-bond donors (Lipinski definition) is 3. The fraction of sp³-hybridized carbons (Fsp3) is 0.333. The maximum atomic E-state index is 4.53. The zero-order chi connectivity index (χ0) is 18.8. The number of nitrogens with one attached hydrogen (secondary N) is 3. The Balaban J connectivity index is 0.000000444. The molecule has 0 aliphatic carbocycles. The van der Waals surface area contributed by atoms with E-state index in [9.17, 15) is 0 Å². The monoisotopic (exact) mass is 465 g/mol. The van der Waals surface area contributed by atoms with Crippen molar-refractivity contribution in [1.29, 1.82) is 0 Å². The molecule has 138 valence electrons. The van der Waals surface area contributed by atoms with E-state index in [1.165, 1.54) is 16.3 Å². The van der Waals surface area contributed by atoms with Gasteiger partial charge in [0, 0.05) is 5.69 Å². The van der Waals surface area contributed by atoms with Crippen molar-refractivity contribution < 1.29 is 0 Å². The second kappa shape index (κ2) is 10.7. The number of hydrogen-bond acceptors (Lipinski definition) is 6. The first-order valence-electron chi connectivity index (χ1n) is 8.64. The number of alkyl halides is 1. The van der Waals surface area contributed by atoms with Crippen LogP contribution in [0, 0.1) is 0 Å². The predicted molar refractivity (Wildman–Crippen MR) is 117 cm³/mol. The number of rotatable bonds is 3. The summed E-state index contributed by atoms with van der Waals surface area (Å²) in [4.78, 5) is 20.0. The van der Waals surface area contributed by atoms with E-state index < -0.39 is 0 Å². The molecule has 3 aromatic rings. The van der Waals surface area contributed by atoms with Crippen molar-refractivity contribution in [1.82, 2.24) is 19.9 Å². The van der Waals surface area contributed by atoms with Crippen molar-refractivity contribution in [3.63, 3.8) is 0 Å². The third-order valence-electron chi connectivity index (χ3n) is 3.38. The summed E-state index contributed by atoms with van der Waals surface area (Å²) in [5.41, 5.74) is 3.77. The highest BCUT2D eigenvalue weighted by atomic mass is 127. The summed E-state index contributed by atoms with van der Waals surface area (Å²) >= 11 is 2.29. The molecule has 3 heterocycles. The van der Waals surface area contributed by atoms with Crippen molar-refractivity contribution >= 4 is 51.1 Å². The van der Waals surface area contributed by atoms with Gasteiger partial charge in [0.2, 0.25) is 0 Å². The van der Waals surface area contributed by atoms with Crippen LogP contribution in [0.1, 0.15) is 26.3 Å². The van der Waals surface area contributed by atoms with Crippen LogP contribution in [-0.2, 0) is 6.54 Å². The highest BCUT2D eigenvalue weighted by molar-refractivity contribution is 14.1. The van der Waals surface area contributed by atoms with Crippen LogP contribution in [0.25, 0.3) is 11.2 Å². The molecule has 0 amide bonds. The molecule has 0 spiro atoms. The first-order valence-corrected chi connectivity index (χ1v) is 10.2. The molecule has 0 atom stereocenters. The van der Waals surface area contributed by atoms with E-state index in [4.69, 9.17) is 0 Å². The van der Waals surface area contributed by atoms with Crippen molar-refractivity contribution in [2.45, 2.75) is 27.3 Å². The van der Waals surface area contributed by atoms with Gasteiger partial charge in [0.1, 0.15) is 17.7 Å². The minimum absolute atomic E-state index is 0.569. The molecule has 0 unspecified atom stereocenters. The molecule has 0 bridgehead atoms. The quantitative estimate of drug-likeness (QED) is 0.397. The van der Waals surface area contributed by atoms with Gasteiger partial charge in [-0.25, -0.2) is 15.0 Å². The molecule has 2 aromatic heterocycles. The SMILES string of the molecule is CC.CCI.c1ccc2c(c1)CN=C(CNc1ncnc3nc[nH]c13)N2. The summed E-state index contributed by atoms with van der Waals surface area (Å²) in [6, 6.07) is 8.17. The maximum absolute atomic E-state index is 4.53. The van der Waals surface area contributed by atoms with Crippen molar-refractivity contribution in [2.75, 3.05) is 21.6 Å². The summed E-state index contributed by atoms with van der Waals surface area (Å²) in [5.74, 6) is 1.61. The van der Waals surface area contributed by atoms with Gasteiger partial charge in [-0.1, -0.05) is 61.6 Å². The summed E-state index contributed by atoms with van der Waals surface area (Å²) in [7, 11) is 0. The van der Waals surface area contributed by atoms with Gasteiger partial charge in [0.25, 0.3) is 0 Å². The summed E-state index contributed by atoms with van der Waals surface area (Å²) in [5, 5.41) is 6.59. The average Bonchev–Trinajstić information content (AvgIpc) is 3.18. The van der Waals surface area contributed by atoms with E-state index in [0.717, 1.165) is 22.9 Å². The van der Waals surface area contributed by atoms with Gasteiger partial charge in [-0.2, -0.15) is 0 Å². The van der Waals surface area contributed by atoms with Crippen LogP contribution < -0.4 is 10.6 Å². The molecule has 7 nitrogen and oxygen atoms in total. The minimum Gasteiger partial charge on any atom is -0.361 e. The maximum Gasteiger partial charge on any atom is 0.182 e. The number of aromatic amines is 1. The van der Waals surface area contributed by atoms with E-state index >= 15 is 0 Å². The highest BCUT2D eigenvalue weighted by Crippen LogP contribution is 2.20. The van der Waals surface area contributed by atoms with E-state index in [-0.39, 0.29) is 0 Å². The van der Waals surface area contributed by atoms with Gasteiger partial charge in [-0.15, -0.1) is 0 Å². The van der Waals surface area contributed by atoms with Gasteiger partial charge < -0.3 is 15.6 Å². The number of imidazole rings is 1. The van der Waals surface area contributed by atoms with Crippen LogP contribution in [0.4, 0.5) is 11.5 Å². The molecular weight excluding hydrogens is 441 g/mol. The Morgan fingerprint density at radius 1 is 1.15 bits per heavy atom. The second-order valence-electron chi connectivity index (χ2n) is 4.99. The van der Waals surface area contributed by atoms with Gasteiger partial charge in [0.05, 0.1) is 19.4 Å². The third kappa shape index (κ3) is 5.13. The number of H-pyrrole nitrogens is 1. The Kier molecular flexibility index (Phi) is 8.26. The zero-order valence-electron chi connectivity index (χ0n) is 15.3. The molecule has 1 aromatic carbocycles. The number of aliphatic imine (C=N–C) groups is 1. The lowest BCUT2D eigenvalue weighted by molar-refractivity contribution is 1.03. The van der Waals surface area contributed by atoms with Gasteiger partial charge in [-0.3, -0.25) is 4.99 Å². The molecule has 8 heteroatoms. The Morgan fingerprint density at radius 3 is 2.73 bits per heavy atom. The largest absolute Gasteiger partial charge is 0.361 e. The first-order chi connectivity index (χ1) is 12.8. The minimum atomic E-state index is 0.569. The first kappa shape index (κ1) is 20.1. The summed E-state index contributed by atoms with van der Waals surface area (Å²) in [6.45, 7) is 7.38. The Morgan fingerprint density at radius 2 is 1.92 bits per heavy atom. The van der Waals surface area contributed by atoms with Crippen LogP contribution in [0.3, 0.4) is 0 Å². The van der Waals surface area contributed by atoms with Crippen molar-refractivity contribution in [3.05, 3.63) is 42.5 Å². The number of aromatic nitrogens is 4.